The number of aliphatic hydroxyl groups excluding tert-OH is 1. The number of ether oxygens (including phenoxy) is 1. The topological polar surface area (TPSA) is 29.5 Å². The highest BCUT2D eigenvalue weighted by Crippen LogP contribution is 2.29. The first kappa shape index (κ1) is 11.5. The Morgan fingerprint density at radius 3 is 2.94 bits per heavy atom. The highest BCUT2D eigenvalue weighted by molar-refractivity contribution is 6.30. The molecule has 1 N–H and O–H groups in total. The lowest BCUT2D eigenvalue weighted by molar-refractivity contribution is 0.0914. The molecule has 1 aliphatic rings. The molecule has 0 spiro atoms. The van der Waals surface area contributed by atoms with Crippen LogP contribution in [-0.2, 0) is 4.74 Å². The van der Waals surface area contributed by atoms with Crippen molar-refractivity contribution in [2.45, 2.75) is 25.9 Å². The Morgan fingerprint density at radius 2 is 2.25 bits per heavy atom. The molecule has 0 radical (unpaired) electrons. The lowest BCUT2D eigenvalue weighted by atomic mass is 10.0. The van der Waals surface area contributed by atoms with E-state index in [4.69, 9.17) is 16.3 Å². The maximum Gasteiger partial charge on any atom is 0.136 e. The van der Waals surface area contributed by atoms with Crippen LogP contribution in [0.2, 0.25) is 5.02 Å². The van der Waals surface area contributed by atoms with E-state index in [0.29, 0.717) is 17.4 Å². The second-order valence-corrected chi connectivity index (χ2v) is 4.44. The smallest absolute Gasteiger partial charge is 0.136 e. The Bertz CT molecular complexity index is 412. The normalized spacial score (nSPS) is 17.6. The molecule has 2 nitrogen and oxygen atoms in total. The lowest BCUT2D eigenvalue weighted by Gasteiger charge is -2.21. The van der Waals surface area contributed by atoms with Gasteiger partial charge in [0.15, 0.2) is 0 Å². The number of hydrogen-bond acceptors (Lipinski definition) is 2. The molecule has 1 aromatic carbocycles. The van der Waals surface area contributed by atoms with Crippen LogP contribution in [0.25, 0.3) is 0 Å². The standard InChI is InChI=1S/C13H15ClO2/c1-9-5-6-10(14)8-11(9)13(15)12-4-2-3-7-16-12/h4-6,8,13,15H,2-3,7H2,1H3. The molecule has 0 saturated heterocycles. The highest BCUT2D eigenvalue weighted by Gasteiger charge is 2.18. The molecule has 1 unspecified atom stereocenters. The number of allylic oxidation sites excluding steroid dienone is 1. The van der Waals surface area contributed by atoms with Crippen molar-refractivity contribution in [1.82, 2.24) is 0 Å². The van der Waals surface area contributed by atoms with Crippen LogP contribution in [0.3, 0.4) is 0 Å². The maximum absolute atomic E-state index is 10.2. The fourth-order valence-electron chi connectivity index (χ4n) is 1.83. The molecule has 3 heteroatoms. The van der Waals surface area contributed by atoms with Gasteiger partial charge in [-0.15, -0.1) is 0 Å². The van der Waals surface area contributed by atoms with Crippen LogP contribution in [0, 0.1) is 6.92 Å². The molecule has 0 saturated carbocycles. The van der Waals surface area contributed by atoms with E-state index in [1.807, 2.05) is 25.1 Å². The van der Waals surface area contributed by atoms with Gasteiger partial charge in [-0.3, -0.25) is 0 Å². The van der Waals surface area contributed by atoms with E-state index in [2.05, 4.69) is 0 Å². The zero-order valence-corrected chi connectivity index (χ0v) is 10.00. The summed E-state index contributed by atoms with van der Waals surface area (Å²) in [7, 11) is 0. The molecule has 0 bridgehead atoms. The summed E-state index contributed by atoms with van der Waals surface area (Å²) in [6, 6.07) is 5.52. The monoisotopic (exact) mass is 238 g/mol. The summed E-state index contributed by atoms with van der Waals surface area (Å²) in [6.45, 7) is 2.64. The molecule has 0 fully saturated rings. The molecule has 86 valence electrons. The van der Waals surface area contributed by atoms with Crippen molar-refractivity contribution < 1.29 is 9.84 Å². The summed E-state index contributed by atoms with van der Waals surface area (Å²) in [5, 5.41) is 10.8. The van der Waals surface area contributed by atoms with Gasteiger partial charge in [-0.2, -0.15) is 0 Å². The van der Waals surface area contributed by atoms with Crippen molar-refractivity contribution >= 4 is 11.6 Å². The van der Waals surface area contributed by atoms with Crippen LogP contribution in [0.4, 0.5) is 0 Å². The van der Waals surface area contributed by atoms with Crippen LogP contribution in [0.1, 0.15) is 30.1 Å². The lowest BCUT2D eigenvalue weighted by Crippen LogP contribution is -2.10. The van der Waals surface area contributed by atoms with Crippen LogP contribution in [0.5, 0.6) is 0 Å². The maximum atomic E-state index is 10.2. The molecule has 0 aliphatic carbocycles. The Hall–Kier alpha value is -0.990. The Morgan fingerprint density at radius 1 is 1.44 bits per heavy atom. The van der Waals surface area contributed by atoms with E-state index in [9.17, 15) is 5.11 Å². The number of aryl methyl sites for hydroxylation is 1. The van der Waals surface area contributed by atoms with Gasteiger partial charge < -0.3 is 9.84 Å². The average molecular weight is 239 g/mol. The summed E-state index contributed by atoms with van der Waals surface area (Å²) < 4.78 is 5.46. The third-order valence-electron chi connectivity index (χ3n) is 2.77. The predicted octanol–water partition coefficient (Wildman–Crippen LogP) is 3.38. The third-order valence-corrected chi connectivity index (χ3v) is 3.00. The van der Waals surface area contributed by atoms with Gasteiger partial charge >= 0.3 is 0 Å². The van der Waals surface area contributed by atoms with Crippen molar-refractivity contribution in [2.75, 3.05) is 6.61 Å². The van der Waals surface area contributed by atoms with Crippen molar-refractivity contribution in [3.05, 3.63) is 46.2 Å². The van der Waals surface area contributed by atoms with Gasteiger partial charge in [0.25, 0.3) is 0 Å². The van der Waals surface area contributed by atoms with Crippen molar-refractivity contribution in [2.24, 2.45) is 0 Å². The first-order chi connectivity index (χ1) is 7.68. The zero-order chi connectivity index (χ0) is 11.5. The van der Waals surface area contributed by atoms with E-state index >= 15 is 0 Å². The van der Waals surface area contributed by atoms with Crippen LogP contribution < -0.4 is 0 Å². The van der Waals surface area contributed by atoms with Gasteiger partial charge in [-0.1, -0.05) is 17.7 Å². The van der Waals surface area contributed by atoms with E-state index in [-0.39, 0.29) is 0 Å². The van der Waals surface area contributed by atoms with Gasteiger partial charge in [-0.25, -0.2) is 0 Å². The largest absolute Gasteiger partial charge is 0.495 e. The SMILES string of the molecule is Cc1ccc(Cl)cc1C(O)C1=CCCCO1. The van der Waals surface area contributed by atoms with Gasteiger partial charge in [-0.05, 0) is 49.1 Å². The minimum atomic E-state index is -0.695. The van der Waals surface area contributed by atoms with Crippen LogP contribution >= 0.6 is 11.6 Å². The summed E-state index contributed by atoms with van der Waals surface area (Å²) in [6.07, 6.45) is 3.24. The molecule has 2 rings (SSSR count). The number of rotatable bonds is 2. The number of halogens is 1. The summed E-state index contributed by atoms with van der Waals surface area (Å²) >= 11 is 5.93. The molecular weight excluding hydrogens is 224 g/mol. The quantitative estimate of drug-likeness (QED) is 0.856. The Kier molecular flexibility index (Phi) is 3.52. The summed E-state index contributed by atoms with van der Waals surface area (Å²) in [5.74, 6) is 0.650. The molecule has 0 amide bonds. The molecule has 16 heavy (non-hydrogen) atoms. The number of aliphatic hydroxyl groups is 1. The molecule has 1 atom stereocenters. The van der Waals surface area contributed by atoms with Gasteiger partial charge in [0, 0.05) is 5.02 Å². The molecule has 1 aromatic rings. The molecule has 1 aliphatic heterocycles. The second kappa shape index (κ2) is 4.89. The van der Waals surface area contributed by atoms with Gasteiger partial charge in [0.1, 0.15) is 11.9 Å². The average Bonchev–Trinajstić information content (AvgIpc) is 2.32. The number of benzene rings is 1. The Labute approximate surface area is 101 Å². The first-order valence-corrected chi connectivity index (χ1v) is 5.83. The van der Waals surface area contributed by atoms with Crippen molar-refractivity contribution in [3.8, 4) is 0 Å². The molecule has 0 aromatic heterocycles. The zero-order valence-electron chi connectivity index (χ0n) is 9.24. The first-order valence-electron chi connectivity index (χ1n) is 5.45. The van der Waals surface area contributed by atoms with Crippen molar-refractivity contribution in [3.63, 3.8) is 0 Å². The van der Waals surface area contributed by atoms with E-state index in [0.717, 1.165) is 24.0 Å². The second-order valence-electron chi connectivity index (χ2n) is 4.00. The summed E-state index contributed by atoms with van der Waals surface area (Å²) in [4.78, 5) is 0. The fraction of sp³-hybridized carbons (Fsp3) is 0.385. The van der Waals surface area contributed by atoms with E-state index < -0.39 is 6.10 Å². The van der Waals surface area contributed by atoms with Crippen LogP contribution in [0.15, 0.2) is 30.0 Å². The van der Waals surface area contributed by atoms with Gasteiger partial charge in [0.2, 0.25) is 0 Å². The fourth-order valence-corrected chi connectivity index (χ4v) is 2.01. The summed E-state index contributed by atoms with van der Waals surface area (Å²) in [5.41, 5.74) is 1.84. The molecular formula is C13H15ClO2. The van der Waals surface area contributed by atoms with Gasteiger partial charge in [0.05, 0.1) is 6.61 Å². The Balaban J connectivity index is 2.29. The predicted molar refractivity (Wildman–Crippen MR) is 64.4 cm³/mol. The minimum Gasteiger partial charge on any atom is -0.495 e. The minimum absolute atomic E-state index is 0.635. The van der Waals surface area contributed by atoms with Crippen LogP contribution in [-0.4, -0.2) is 11.7 Å². The molecule has 1 heterocycles. The van der Waals surface area contributed by atoms with E-state index in [1.165, 1.54) is 0 Å². The highest BCUT2D eigenvalue weighted by atomic mass is 35.5. The van der Waals surface area contributed by atoms with E-state index in [1.54, 1.807) is 6.07 Å². The third kappa shape index (κ3) is 2.39. The number of hydrogen-bond donors (Lipinski definition) is 1. The van der Waals surface area contributed by atoms with Crippen molar-refractivity contribution in [1.29, 1.82) is 0 Å².